The van der Waals surface area contributed by atoms with Gasteiger partial charge in [0.25, 0.3) is 0 Å². The molecule has 0 aliphatic carbocycles. The molecule has 2 heterocycles. The van der Waals surface area contributed by atoms with E-state index in [-0.39, 0.29) is 5.97 Å². The molecule has 0 bridgehead atoms. The number of carbonyl (C=O) groups is 1. The SMILES string of the molecule is Cc1ccc(Nc2cccc3c2C2(OC(=O)c4ccccc42)c2cc(NCc4ccccc4)ccc2O3)c(C)c1C. The fourth-order valence-electron chi connectivity index (χ4n) is 5.98. The van der Waals surface area contributed by atoms with Crippen LogP contribution in [0, 0.1) is 20.8 Å². The van der Waals surface area contributed by atoms with Crippen molar-refractivity contribution in [2.75, 3.05) is 10.6 Å². The number of aryl methyl sites for hydroxylation is 1. The van der Waals surface area contributed by atoms with Gasteiger partial charge in [0.2, 0.25) is 0 Å². The normalized spacial score (nSPS) is 16.3. The van der Waals surface area contributed by atoms with Gasteiger partial charge in [0.1, 0.15) is 11.5 Å². The first-order chi connectivity index (χ1) is 20.0. The molecule has 2 aliphatic heterocycles. The summed E-state index contributed by atoms with van der Waals surface area (Å²) in [6, 6.07) is 34.1. The fraction of sp³-hybridized carbons (Fsp3) is 0.139. The Kier molecular flexibility index (Phi) is 5.82. The molecule has 2 N–H and O–H groups in total. The van der Waals surface area contributed by atoms with Crippen molar-refractivity contribution >= 4 is 23.0 Å². The molecule has 0 fully saturated rings. The molecule has 1 atom stereocenters. The van der Waals surface area contributed by atoms with Gasteiger partial charge in [-0.3, -0.25) is 0 Å². The van der Waals surface area contributed by atoms with Crippen LogP contribution in [0.25, 0.3) is 0 Å². The summed E-state index contributed by atoms with van der Waals surface area (Å²) in [5.41, 5.74) is 9.32. The molecule has 0 radical (unpaired) electrons. The summed E-state index contributed by atoms with van der Waals surface area (Å²) in [6.07, 6.45) is 0. The minimum Gasteiger partial charge on any atom is -0.456 e. The fourth-order valence-corrected chi connectivity index (χ4v) is 5.98. The van der Waals surface area contributed by atoms with Crippen LogP contribution in [0.1, 0.15) is 49.3 Å². The van der Waals surface area contributed by atoms with Crippen molar-refractivity contribution in [3.63, 3.8) is 0 Å². The maximum Gasteiger partial charge on any atom is 0.340 e. The number of fused-ring (bicyclic) bond motifs is 6. The Balaban J connectivity index is 1.41. The van der Waals surface area contributed by atoms with Crippen molar-refractivity contribution in [2.45, 2.75) is 32.9 Å². The molecule has 202 valence electrons. The molecule has 5 nitrogen and oxygen atoms in total. The van der Waals surface area contributed by atoms with Crippen molar-refractivity contribution in [1.29, 1.82) is 0 Å². The van der Waals surface area contributed by atoms with E-state index in [1.54, 1.807) is 0 Å². The highest BCUT2D eigenvalue weighted by Crippen LogP contribution is 2.58. The lowest BCUT2D eigenvalue weighted by Crippen LogP contribution is -2.34. The third kappa shape index (κ3) is 3.96. The number of ether oxygens (including phenoxy) is 2. The Morgan fingerprint density at radius 2 is 1.51 bits per heavy atom. The van der Waals surface area contributed by atoms with Crippen LogP contribution in [0.2, 0.25) is 0 Å². The van der Waals surface area contributed by atoms with Crippen LogP contribution < -0.4 is 15.4 Å². The first-order valence-corrected chi connectivity index (χ1v) is 13.9. The first-order valence-electron chi connectivity index (χ1n) is 13.9. The number of rotatable bonds is 5. The second-order valence-corrected chi connectivity index (χ2v) is 10.8. The molecule has 5 heteroatoms. The minimum atomic E-state index is -1.18. The molecule has 0 saturated heterocycles. The van der Waals surface area contributed by atoms with Gasteiger partial charge < -0.3 is 20.1 Å². The summed E-state index contributed by atoms with van der Waals surface area (Å²) in [5, 5.41) is 7.21. The Morgan fingerprint density at radius 3 is 2.37 bits per heavy atom. The Labute approximate surface area is 239 Å². The molecule has 5 aromatic carbocycles. The van der Waals surface area contributed by atoms with Gasteiger partial charge in [0.15, 0.2) is 5.60 Å². The lowest BCUT2D eigenvalue weighted by Gasteiger charge is -2.38. The second kappa shape index (κ2) is 9.56. The number of anilines is 3. The zero-order chi connectivity index (χ0) is 28.1. The Morgan fingerprint density at radius 1 is 0.707 bits per heavy atom. The summed E-state index contributed by atoms with van der Waals surface area (Å²) >= 11 is 0. The quantitative estimate of drug-likeness (QED) is 0.220. The van der Waals surface area contributed by atoms with Crippen LogP contribution in [-0.2, 0) is 16.9 Å². The molecule has 0 amide bonds. The zero-order valence-electron chi connectivity index (χ0n) is 23.2. The van der Waals surface area contributed by atoms with Gasteiger partial charge in [0, 0.05) is 29.0 Å². The van der Waals surface area contributed by atoms with Crippen molar-refractivity contribution in [3.05, 3.63) is 148 Å². The molecule has 0 saturated carbocycles. The first kappa shape index (κ1) is 25.0. The average Bonchev–Trinajstić information content (AvgIpc) is 3.29. The predicted molar refractivity (Wildman–Crippen MR) is 162 cm³/mol. The highest BCUT2D eigenvalue weighted by Gasteiger charge is 2.54. The predicted octanol–water partition coefficient (Wildman–Crippen LogP) is 8.54. The monoisotopic (exact) mass is 538 g/mol. The van der Waals surface area contributed by atoms with Gasteiger partial charge in [-0.1, -0.05) is 60.7 Å². The Bertz CT molecular complexity index is 1830. The lowest BCUT2D eigenvalue weighted by molar-refractivity contribution is 0.0227. The second-order valence-electron chi connectivity index (χ2n) is 10.8. The zero-order valence-corrected chi connectivity index (χ0v) is 23.2. The van der Waals surface area contributed by atoms with Crippen LogP contribution in [0.15, 0.2) is 103 Å². The van der Waals surface area contributed by atoms with Gasteiger partial charge in [-0.25, -0.2) is 4.79 Å². The summed E-state index contributed by atoms with van der Waals surface area (Å²) in [5.74, 6) is 0.962. The van der Waals surface area contributed by atoms with Gasteiger partial charge in [-0.15, -0.1) is 0 Å². The van der Waals surface area contributed by atoms with E-state index >= 15 is 0 Å². The van der Waals surface area contributed by atoms with Crippen LogP contribution in [-0.4, -0.2) is 5.97 Å². The van der Waals surface area contributed by atoms with E-state index in [1.165, 1.54) is 22.3 Å². The van der Waals surface area contributed by atoms with Crippen molar-refractivity contribution in [2.24, 2.45) is 0 Å². The van der Waals surface area contributed by atoms with E-state index in [2.05, 4.69) is 61.7 Å². The summed E-state index contributed by atoms with van der Waals surface area (Å²) in [6.45, 7) is 7.04. The molecule has 0 aromatic heterocycles. The van der Waals surface area contributed by atoms with E-state index in [9.17, 15) is 4.79 Å². The molecule has 1 spiro atoms. The van der Waals surface area contributed by atoms with E-state index in [0.29, 0.717) is 23.6 Å². The van der Waals surface area contributed by atoms with E-state index < -0.39 is 5.60 Å². The van der Waals surface area contributed by atoms with Gasteiger partial charge >= 0.3 is 5.97 Å². The average molecular weight is 539 g/mol. The third-order valence-electron chi connectivity index (χ3n) is 8.40. The molecular formula is C36H30N2O3. The maximum atomic E-state index is 13.5. The molecular weight excluding hydrogens is 508 g/mol. The Hall–Kier alpha value is -5.03. The molecule has 41 heavy (non-hydrogen) atoms. The topological polar surface area (TPSA) is 59.6 Å². The maximum absolute atomic E-state index is 13.5. The number of carbonyl (C=O) groups excluding carboxylic acids is 1. The van der Waals surface area contributed by atoms with Crippen LogP contribution in [0.3, 0.4) is 0 Å². The number of benzene rings is 5. The van der Waals surface area contributed by atoms with Crippen molar-refractivity contribution in [1.82, 2.24) is 0 Å². The minimum absolute atomic E-state index is 0.348. The van der Waals surface area contributed by atoms with Crippen molar-refractivity contribution in [3.8, 4) is 11.5 Å². The molecule has 1 unspecified atom stereocenters. The van der Waals surface area contributed by atoms with Crippen molar-refractivity contribution < 1.29 is 14.3 Å². The summed E-state index contributed by atoms with van der Waals surface area (Å²) < 4.78 is 13.0. The van der Waals surface area contributed by atoms with E-state index in [0.717, 1.165) is 33.8 Å². The molecule has 7 rings (SSSR count). The lowest BCUT2D eigenvalue weighted by atomic mass is 9.76. The largest absolute Gasteiger partial charge is 0.456 e. The van der Waals surface area contributed by atoms with Crippen LogP contribution in [0.4, 0.5) is 17.1 Å². The number of hydrogen-bond acceptors (Lipinski definition) is 5. The van der Waals surface area contributed by atoms with Gasteiger partial charge in [-0.05, 0) is 85.5 Å². The molecule has 5 aromatic rings. The van der Waals surface area contributed by atoms with E-state index in [1.807, 2.05) is 72.8 Å². The number of nitrogens with one attached hydrogen (secondary N) is 2. The highest BCUT2D eigenvalue weighted by atomic mass is 16.6. The summed E-state index contributed by atoms with van der Waals surface area (Å²) in [7, 11) is 0. The summed E-state index contributed by atoms with van der Waals surface area (Å²) in [4.78, 5) is 13.5. The highest BCUT2D eigenvalue weighted by molar-refractivity contribution is 5.98. The van der Waals surface area contributed by atoms with Gasteiger partial charge in [-0.2, -0.15) is 0 Å². The number of esters is 1. The van der Waals surface area contributed by atoms with E-state index in [4.69, 9.17) is 9.47 Å². The standard InChI is InChI=1S/C36H30N2O3/c1-22-16-18-30(24(3)23(22)2)38-31-14-9-15-33-34(31)36(28-13-8-7-12-27(28)35(39)41-36)29-20-26(17-19-32(29)40-33)37-21-25-10-5-4-6-11-25/h4-20,37-38H,21H2,1-3H3. The van der Waals surface area contributed by atoms with Gasteiger partial charge in [0.05, 0.1) is 16.8 Å². The third-order valence-corrected chi connectivity index (χ3v) is 8.40. The van der Waals surface area contributed by atoms with Crippen LogP contribution in [0.5, 0.6) is 11.5 Å². The number of hydrogen-bond donors (Lipinski definition) is 2. The molecule has 2 aliphatic rings. The smallest absolute Gasteiger partial charge is 0.340 e. The van der Waals surface area contributed by atoms with Crippen LogP contribution >= 0.6 is 0 Å².